The second-order valence-corrected chi connectivity index (χ2v) is 11.8. The normalized spacial score (nSPS) is 23.1. The molecular weight excluding hydrogens is 478 g/mol. The predicted molar refractivity (Wildman–Crippen MR) is 143 cm³/mol. The van der Waals surface area contributed by atoms with E-state index in [0.29, 0.717) is 12.1 Å². The minimum atomic E-state index is -0.485. The quantitative estimate of drug-likeness (QED) is 0.375. The summed E-state index contributed by atoms with van der Waals surface area (Å²) < 4.78 is 0. The van der Waals surface area contributed by atoms with Gasteiger partial charge in [0.2, 0.25) is 6.41 Å². The van der Waals surface area contributed by atoms with Crippen molar-refractivity contribution in [1.29, 1.82) is 0 Å². The van der Waals surface area contributed by atoms with Gasteiger partial charge >= 0.3 is 0 Å². The maximum absolute atomic E-state index is 10.9. The van der Waals surface area contributed by atoms with Crippen molar-refractivity contribution in [2.45, 2.75) is 90.3 Å². The van der Waals surface area contributed by atoms with Crippen LogP contribution in [0.3, 0.4) is 0 Å². The Morgan fingerprint density at radius 2 is 1.94 bits per heavy atom. The lowest BCUT2D eigenvalue weighted by Crippen LogP contribution is -2.50. The Hall–Kier alpha value is -2.36. The molecule has 2 saturated heterocycles. The molecule has 0 radical (unpaired) electrons. The summed E-state index contributed by atoms with van der Waals surface area (Å²) in [5.41, 5.74) is 2.68. The van der Waals surface area contributed by atoms with E-state index in [-0.39, 0.29) is 0 Å². The van der Waals surface area contributed by atoms with Crippen LogP contribution >= 0.6 is 22.7 Å². The molecule has 0 saturated carbocycles. The molecule has 2 unspecified atom stereocenters. The lowest BCUT2D eigenvalue weighted by molar-refractivity contribution is -0.128. The van der Waals surface area contributed by atoms with Gasteiger partial charge in [0.1, 0.15) is 5.82 Å². The third-order valence-electron chi connectivity index (χ3n) is 6.81. The molecule has 0 aromatic carbocycles. The second kappa shape index (κ2) is 11.1. The number of piperidine rings is 1. The number of thiazole rings is 2. The topological polar surface area (TPSA) is 91.2 Å². The number of unbranched alkanes of at least 4 members (excludes halogenated alkanes) is 1. The average Bonchev–Trinajstić information content (AvgIpc) is 3.50. The zero-order chi connectivity index (χ0) is 25.0. The fraction of sp³-hybridized carbons (Fsp3) is 0.538. The standard InChI is InChI=1S/C14H14N4S2.C12H21NO2/c1-8-4-5-12(15-6-8)18-14-17-11(7-19-14)13-9(2)16-10(3)20-13;1-2-3-6-12(15)7-10-4-5-11(8-12)13(10)9-14/h4-7H,1-3H3,(H,15,17,18);9-11,15H,2-8H2,1H3. The fourth-order valence-corrected chi connectivity index (χ4v) is 6.76. The number of nitrogens with one attached hydrogen (secondary N) is 1. The van der Waals surface area contributed by atoms with Gasteiger partial charge in [-0.3, -0.25) is 4.79 Å². The molecular formula is C26H35N5O2S2. The molecule has 5 rings (SSSR count). The molecule has 0 spiro atoms. The molecule has 2 N–H and O–H groups in total. The van der Waals surface area contributed by atoms with Crippen molar-refractivity contribution in [2.75, 3.05) is 5.32 Å². The Labute approximate surface area is 215 Å². The highest BCUT2D eigenvalue weighted by molar-refractivity contribution is 7.16. The van der Waals surface area contributed by atoms with Gasteiger partial charge in [-0.05, 0) is 64.5 Å². The number of pyridine rings is 1. The van der Waals surface area contributed by atoms with Crippen LogP contribution in [0.4, 0.5) is 10.9 Å². The number of aryl methyl sites for hydroxylation is 3. The Balaban J connectivity index is 0.000000172. The Bertz CT molecular complexity index is 1110. The number of fused-ring (bicyclic) bond motifs is 2. The largest absolute Gasteiger partial charge is 0.390 e. The summed E-state index contributed by atoms with van der Waals surface area (Å²) in [7, 11) is 0. The van der Waals surface area contributed by atoms with Crippen LogP contribution in [0.15, 0.2) is 23.7 Å². The van der Waals surface area contributed by atoms with Crippen molar-refractivity contribution in [3.05, 3.63) is 40.0 Å². The van der Waals surface area contributed by atoms with Gasteiger partial charge in [-0.15, -0.1) is 22.7 Å². The molecule has 7 nitrogen and oxygen atoms in total. The van der Waals surface area contributed by atoms with Crippen LogP contribution < -0.4 is 5.32 Å². The summed E-state index contributed by atoms with van der Waals surface area (Å²) in [5.74, 6) is 0.814. The number of rotatable bonds is 7. The molecule has 2 aliphatic rings. The Kier molecular flexibility index (Phi) is 8.19. The highest BCUT2D eigenvalue weighted by atomic mass is 32.1. The van der Waals surface area contributed by atoms with Crippen LogP contribution in [-0.4, -0.2) is 49.1 Å². The van der Waals surface area contributed by atoms with Gasteiger partial charge < -0.3 is 15.3 Å². The summed E-state index contributed by atoms with van der Waals surface area (Å²) >= 11 is 3.26. The van der Waals surface area contributed by atoms with Crippen LogP contribution in [0.5, 0.6) is 0 Å². The molecule has 188 valence electrons. The number of carbonyl (C=O) groups excluding carboxylic acids is 1. The molecule has 2 fully saturated rings. The van der Waals surface area contributed by atoms with Crippen LogP contribution in [0.2, 0.25) is 0 Å². The number of carbonyl (C=O) groups is 1. The predicted octanol–water partition coefficient (Wildman–Crippen LogP) is 6.02. The number of anilines is 2. The summed E-state index contributed by atoms with van der Waals surface area (Å²) in [5, 5.41) is 17.7. The van der Waals surface area contributed by atoms with Crippen molar-refractivity contribution in [3.8, 4) is 10.6 Å². The first-order chi connectivity index (χ1) is 16.8. The monoisotopic (exact) mass is 513 g/mol. The highest BCUT2D eigenvalue weighted by Crippen LogP contribution is 2.42. The number of nitrogens with zero attached hydrogens (tertiary/aromatic N) is 4. The second-order valence-electron chi connectivity index (χ2n) is 9.70. The molecule has 0 aliphatic carbocycles. The smallest absolute Gasteiger partial charge is 0.210 e. The van der Waals surface area contributed by atoms with Gasteiger partial charge in [0, 0.05) is 23.7 Å². The maximum Gasteiger partial charge on any atom is 0.210 e. The third kappa shape index (κ3) is 6.26. The molecule has 2 bridgehead atoms. The number of hydrogen-bond donors (Lipinski definition) is 2. The molecule has 9 heteroatoms. The number of hydrogen-bond acceptors (Lipinski definition) is 8. The number of amides is 1. The van der Waals surface area contributed by atoms with Crippen molar-refractivity contribution in [2.24, 2.45) is 0 Å². The summed E-state index contributed by atoms with van der Waals surface area (Å²) in [6.07, 6.45) is 9.70. The first kappa shape index (κ1) is 25.7. The van der Waals surface area contributed by atoms with Gasteiger partial charge in [0.25, 0.3) is 0 Å². The van der Waals surface area contributed by atoms with E-state index in [0.717, 1.165) is 89.1 Å². The lowest BCUT2D eigenvalue weighted by atomic mass is 9.82. The number of aromatic nitrogens is 3. The van der Waals surface area contributed by atoms with E-state index in [4.69, 9.17) is 0 Å². The zero-order valence-electron chi connectivity index (χ0n) is 21.0. The summed E-state index contributed by atoms with van der Waals surface area (Å²) in [6, 6.07) is 4.60. The van der Waals surface area contributed by atoms with Crippen molar-refractivity contribution in [3.63, 3.8) is 0 Å². The van der Waals surface area contributed by atoms with Crippen LogP contribution in [0.1, 0.15) is 68.1 Å². The van der Waals surface area contributed by atoms with Gasteiger partial charge in [-0.1, -0.05) is 25.8 Å². The van der Waals surface area contributed by atoms with Crippen LogP contribution in [0, 0.1) is 20.8 Å². The number of aliphatic hydroxyl groups is 1. The summed E-state index contributed by atoms with van der Waals surface area (Å²) in [6.45, 7) is 8.21. The molecule has 2 aliphatic heterocycles. The fourth-order valence-electron chi connectivity index (χ4n) is 5.09. The Morgan fingerprint density at radius 3 is 2.51 bits per heavy atom. The molecule has 5 heterocycles. The van der Waals surface area contributed by atoms with E-state index in [2.05, 4.69) is 32.6 Å². The first-order valence-electron chi connectivity index (χ1n) is 12.3. The molecule has 35 heavy (non-hydrogen) atoms. The van der Waals surface area contributed by atoms with Crippen molar-refractivity contribution < 1.29 is 9.90 Å². The van der Waals surface area contributed by atoms with Gasteiger partial charge in [-0.25, -0.2) is 15.0 Å². The van der Waals surface area contributed by atoms with E-state index in [1.165, 1.54) is 0 Å². The van der Waals surface area contributed by atoms with Crippen molar-refractivity contribution in [1.82, 2.24) is 19.9 Å². The van der Waals surface area contributed by atoms with E-state index < -0.39 is 5.60 Å². The van der Waals surface area contributed by atoms with E-state index in [9.17, 15) is 9.90 Å². The maximum atomic E-state index is 10.9. The van der Waals surface area contributed by atoms with Crippen molar-refractivity contribution >= 4 is 40.0 Å². The van der Waals surface area contributed by atoms with Crippen LogP contribution in [-0.2, 0) is 4.79 Å². The highest BCUT2D eigenvalue weighted by Gasteiger charge is 2.46. The SMILES string of the molecule is CCCCC1(O)CC2CCC(C1)N2C=O.Cc1ccc(Nc2nc(-c3sc(C)nc3C)cs2)nc1. The van der Waals surface area contributed by atoms with Crippen LogP contribution in [0.25, 0.3) is 10.6 Å². The Morgan fingerprint density at radius 1 is 1.20 bits per heavy atom. The van der Waals surface area contributed by atoms with E-state index in [1.807, 2.05) is 44.0 Å². The third-order valence-corrected chi connectivity index (χ3v) is 8.66. The molecule has 3 aromatic heterocycles. The summed E-state index contributed by atoms with van der Waals surface area (Å²) in [4.78, 5) is 27.3. The van der Waals surface area contributed by atoms with Gasteiger partial charge in [0.05, 0.1) is 26.9 Å². The molecule has 2 atom stereocenters. The lowest BCUT2D eigenvalue weighted by Gasteiger charge is -2.42. The van der Waals surface area contributed by atoms with Gasteiger partial charge in [-0.2, -0.15) is 0 Å². The zero-order valence-corrected chi connectivity index (χ0v) is 22.6. The molecule has 1 amide bonds. The van der Waals surface area contributed by atoms with Gasteiger partial charge in [0.15, 0.2) is 5.13 Å². The van der Waals surface area contributed by atoms with E-state index in [1.54, 1.807) is 22.7 Å². The van der Waals surface area contributed by atoms with E-state index >= 15 is 0 Å². The molecule has 3 aromatic rings. The first-order valence-corrected chi connectivity index (χ1v) is 14.0. The minimum absolute atomic E-state index is 0.308. The average molecular weight is 514 g/mol. The minimum Gasteiger partial charge on any atom is -0.390 e.